The van der Waals surface area contributed by atoms with Crippen LogP contribution in [0.3, 0.4) is 0 Å². The summed E-state index contributed by atoms with van der Waals surface area (Å²) in [5, 5.41) is 8.50. The Morgan fingerprint density at radius 2 is 1.69 bits per heavy atom. The Labute approximate surface area is 208 Å². The van der Waals surface area contributed by atoms with Gasteiger partial charge in [-0.2, -0.15) is 0 Å². The summed E-state index contributed by atoms with van der Waals surface area (Å²) in [5.74, 6) is 0.619. The van der Waals surface area contributed by atoms with Gasteiger partial charge in [0.05, 0.1) is 12.2 Å². The molecule has 1 aliphatic carbocycles. The highest BCUT2D eigenvalue weighted by Gasteiger charge is 2.32. The van der Waals surface area contributed by atoms with Gasteiger partial charge in [-0.3, -0.25) is 14.6 Å². The van der Waals surface area contributed by atoms with E-state index in [2.05, 4.69) is 29.6 Å². The lowest BCUT2D eigenvalue weighted by atomic mass is 9.91. The highest BCUT2D eigenvalue weighted by Crippen LogP contribution is 2.28. The largest absolute Gasteiger partial charge is 0.573 e. The monoisotopic (exact) mass is 504 g/mol. The standard InChI is InChI=1S/C25H31F3N6O2/c26-25(27,28)36-21-6-1-3-19(17-21)22-7-8-23(30-29-22)33-11-9-31(10-12-33)18-24(35)34-15-13-32(14-16-34)20-4-2-5-20/h1,3,6-8,17,20H,2,4-5,9-16,18H2. The molecule has 3 heterocycles. The van der Waals surface area contributed by atoms with Crippen molar-refractivity contribution in [2.45, 2.75) is 31.7 Å². The second-order valence-electron chi connectivity index (χ2n) is 9.62. The fourth-order valence-electron chi connectivity index (χ4n) is 5.02. The van der Waals surface area contributed by atoms with Crippen LogP contribution in [-0.2, 0) is 4.79 Å². The maximum atomic E-state index is 12.8. The van der Waals surface area contributed by atoms with Crippen LogP contribution >= 0.6 is 0 Å². The highest BCUT2D eigenvalue weighted by atomic mass is 19.4. The van der Waals surface area contributed by atoms with Gasteiger partial charge in [0.15, 0.2) is 5.82 Å². The van der Waals surface area contributed by atoms with Gasteiger partial charge in [0.2, 0.25) is 5.91 Å². The predicted molar refractivity (Wildman–Crippen MR) is 129 cm³/mol. The maximum absolute atomic E-state index is 12.8. The van der Waals surface area contributed by atoms with E-state index in [9.17, 15) is 18.0 Å². The molecule has 0 N–H and O–H groups in total. The molecule has 2 aliphatic heterocycles. The molecule has 3 aliphatic rings. The van der Waals surface area contributed by atoms with Gasteiger partial charge in [0.1, 0.15) is 5.75 Å². The number of halogens is 3. The number of alkyl halides is 3. The zero-order valence-electron chi connectivity index (χ0n) is 20.2. The molecule has 0 unspecified atom stereocenters. The van der Waals surface area contributed by atoms with E-state index in [1.165, 1.54) is 37.5 Å². The minimum absolute atomic E-state index is 0.206. The third-order valence-electron chi connectivity index (χ3n) is 7.33. The van der Waals surface area contributed by atoms with Crippen molar-refractivity contribution in [1.82, 2.24) is 24.9 Å². The zero-order chi connectivity index (χ0) is 25.1. The first-order valence-electron chi connectivity index (χ1n) is 12.5. The van der Waals surface area contributed by atoms with E-state index in [1.807, 2.05) is 11.0 Å². The van der Waals surface area contributed by atoms with Crippen molar-refractivity contribution < 1.29 is 22.7 Å². The van der Waals surface area contributed by atoms with E-state index in [-0.39, 0.29) is 11.7 Å². The van der Waals surface area contributed by atoms with Crippen LogP contribution in [0, 0.1) is 0 Å². The maximum Gasteiger partial charge on any atom is 0.573 e. The molecule has 194 valence electrons. The molecule has 5 rings (SSSR count). The second kappa shape index (κ2) is 10.6. The van der Waals surface area contributed by atoms with Gasteiger partial charge in [-0.15, -0.1) is 23.4 Å². The molecule has 3 fully saturated rings. The number of aromatic nitrogens is 2. The average Bonchev–Trinajstić information content (AvgIpc) is 2.83. The van der Waals surface area contributed by atoms with Gasteiger partial charge >= 0.3 is 6.36 Å². The van der Waals surface area contributed by atoms with Gasteiger partial charge in [-0.25, -0.2) is 0 Å². The number of hydrogen-bond donors (Lipinski definition) is 0. The highest BCUT2D eigenvalue weighted by molar-refractivity contribution is 5.78. The van der Waals surface area contributed by atoms with Gasteiger partial charge in [-0.05, 0) is 37.1 Å². The fourth-order valence-corrected chi connectivity index (χ4v) is 5.02. The Kier molecular flexibility index (Phi) is 7.29. The SMILES string of the molecule is O=C(CN1CCN(c2ccc(-c3cccc(OC(F)(F)F)c3)nn2)CC1)N1CCN(C2CCC2)CC1. The number of carbonyl (C=O) groups is 1. The van der Waals surface area contributed by atoms with E-state index in [0.29, 0.717) is 23.6 Å². The molecule has 1 amide bonds. The van der Waals surface area contributed by atoms with Crippen LogP contribution in [0.15, 0.2) is 36.4 Å². The zero-order valence-corrected chi connectivity index (χ0v) is 20.2. The number of rotatable bonds is 6. The van der Waals surface area contributed by atoms with E-state index in [0.717, 1.165) is 58.4 Å². The first-order chi connectivity index (χ1) is 17.3. The van der Waals surface area contributed by atoms with Crippen molar-refractivity contribution >= 4 is 11.7 Å². The number of amides is 1. The Hall–Kier alpha value is -2.92. The van der Waals surface area contributed by atoms with Crippen LogP contribution in [0.4, 0.5) is 19.0 Å². The molecule has 1 aromatic heterocycles. The summed E-state index contributed by atoms with van der Waals surface area (Å²) in [7, 11) is 0. The molecule has 0 spiro atoms. The molecular weight excluding hydrogens is 473 g/mol. The van der Waals surface area contributed by atoms with Crippen LogP contribution in [-0.4, -0.2) is 102 Å². The lowest BCUT2D eigenvalue weighted by Crippen LogP contribution is -2.56. The number of anilines is 1. The Morgan fingerprint density at radius 1 is 0.944 bits per heavy atom. The van der Waals surface area contributed by atoms with Gasteiger partial charge < -0.3 is 14.5 Å². The number of ether oxygens (including phenoxy) is 1. The third-order valence-corrected chi connectivity index (χ3v) is 7.33. The summed E-state index contributed by atoms with van der Waals surface area (Å²) in [5.41, 5.74) is 0.959. The second-order valence-corrected chi connectivity index (χ2v) is 9.62. The smallest absolute Gasteiger partial charge is 0.406 e. The minimum atomic E-state index is -4.74. The van der Waals surface area contributed by atoms with Crippen molar-refractivity contribution in [2.75, 3.05) is 63.8 Å². The fraction of sp³-hybridized carbons (Fsp3) is 0.560. The minimum Gasteiger partial charge on any atom is -0.406 e. The number of piperazine rings is 2. The van der Waals surface area contributed by atoms with E-state index < -0.39 is 6.36 Å². The molecule has 36 heavy (non-hydrogen) atoms. The lowest BCUT2D eigenvalue weighted by molar-refractivity contribution is -0.274. The Balaban J connectivity index is 1.09. The van der Waals surface area contributed by atoms with Crippen LogP contribution in [0.25, 0.3) is 11.3 Å². The molecule has 0 bridgehead atoms. The van der Waals surface area contributed by atoms with Crippen molar-refractivity contribution in [2.24, 2.45) is 0 Å². The van der Waals surface area contributed by atoms with Gasteiger partial charge in [0.25, 0.3) is 0 Å². The first-order valence-corrected chi connectivity index (χ1v) is 12.5. The summed E-state index contributed by atoms with van der Waals surface area (Å²) < 4.78 is 41.5. The third kappa shape index (κ3) is 6.07. The number of benzene rings is 1. The normalized spacial score (nSPS) is 20.3. The topological polar surface area (TPSA) is 65.0 Å². The summed E-state index contributed by atoms with van der Waals surface area (Å²) >= 11 is 0. The predicted octanol–water partition coefficient (Wildman–Crippen LogP) is 2.86. The molecule has 8 nitrogen and oxygen atoms in total. The summed E-state index contributed by atoms with van der Waals surface area (Å²) in [6.07, 6.45) is -0.809. The quantitative estimate of drug-likeness (QED) is 0.600. The molecule has 1 aromatic carbocycles. The Morgan fingerprint density at radius 3 is 2.31 bits per heavy atom. The molecule has 2 saturated heterocycles. The number of carbonyl (C=O) groups excluding carboxylic acids is 1. The Bertz CT molecular complexity index is 1030. The lowest BCUT2D eigenvalue weighted by Gasteiger charge is -2.43. The van der Waals surface area contributed by atoms with Crippen LogP contribution in [0.5, 0.6) is 5.75 Å². The van der Waals surface area contributed by atoms with E-state index in [1.54, 1.807) is 12.1 Å². The van der Waals surface area contributed by atoms with Crippen molar-refractivity contribution in [3.05, 3.63) is 36.4 Å². The van der Waals surface area contributed by atoms with Crippen molar-refractivity contribution in [3.8, 4) is 17.0 Å². The molecule has 0 radical (unpaired) electrons. The molecule has 0 atom stereocenters. The number of hydrogen-bond acceptors (Lipinski definition) is 7. The molecule has 1 saturated carbocycles. The molecule has 11 heteroatoms. The summed E-state index contributed by atoms with van der Waals surface area (Å²) in [6, 6.07) is 9.99. The van der Waals surface area contributed by atoms with E-state index >= 15 is 0 Å². The first kappa shape index (κ1) is 24.8. The molecular formula is C25H31F3N6O2. The van der Waals surface area contributed by atoms with Crippen LogP contribution in [0.1, 0.15) is 19.3 Å². The van der Waals surface area contributed by atoms with Crippen LogP contribution < -0.4 is 9.64 Å². The van der Waals surface area contributed by atoms with Crippen LogP contribution in [0.2, 0.25) is 0 Å². The van der Waals surface area contributed by atoms with Gasteiger partial charge in [0, 0.05) is 64.0 Å². The van der Waals surface area contributed by atoms with Crippen molar-refractivity contribution in [1.29, 1.82) is 0 Å². The average molecular weight is 505 g/mol. The van der Waals surface area contributed by atoms with Gasteiger partial charge in [-0.1, -0.05) is 18.6 Å². The van der Waals surface area contributed by atoms with E-state index in [4.69, 9.17) is 0 Å². The summed E-state index contributed by atoms with van der Waals surface area (Å²) in [6.45, 7) is 7.03. The summed E-state index contributed by atoms with van der Waals surface area (Å²) in [4.78, 5) is 21.6. The van der Waals surface area contributed by atoms with Crippen molar-refractivity contribution in [3.63, 3.8) is 0 Å². The molecule has 2 aromatic rings. The number of nitrogens with zero attached hydrogens (tertiary/aromatic N) is 6.